The summed E-state index contributed by atoms with van der Waals surface area (Å²) in [4.78, 5) is 0. The molecule has 0 saturated heterocycles. The molecule has 0 heterocycles. The molecule has 0 aromatic heterocycles. The molecule has 0 aromatic rings. The summed E-state index contributed by atoms with van der Waals surface area (Å²) >= 11 is 0. The summed E-state index contributed by atoms with van der Waals surface area (Å²) < 4.78 is 0. The van der Waals surface area contributed by atoms with E-state index in [1.807, 2.05) is 0 Å². The van der Waals surface area contributed by atoms with Crippen molar-refractivity contribution in [2.24, 2.45) is 40.4 Å². The summed E-state index contributed by atoms with van der Waals surface area (Å²) in [5.74, 6) is 4.76. The Morgan fingerprint density at radius 2 is 1.52 bits per heavy atom. The zero-order chi connectivity index (χ0) is 17.3. The van der Waals surface area contributed by atoms with Crippen molar-refractivity contribution in [1.29, 1.82) is 0 Å². The lowest BCUT2D eigenvalue weighted by Gasteiger charge is -2.35. The number of hydrogen-bond acceptors (Lipinski definition) is 0. The fourth-order valence-electron chi connectivity index (χ4n) is 5.89. The standard InChI is InChI=1S/C23H44/c1-8-19-11-10-14-22(5,6)23(7)16-21(23)13-12-17(3)15-20(9-2)18(19)4/h17-21H,8-16H2,1-7H3. The molecule has 2 fully saturated rings. The van der Waals surface area contributed by atoms with Crippen molar-refractivity contribution in [3.63, 3.8) is 0 Å². The van der Waals surface area contributed by atoms with Crippen molar-refractivity contribution >= 4 is 0 Å². The summed E-state index contributed by atoms with van der Waals surface area (Å²) in [6.07, 6.45) is 13.0. The van der Waals surface area contributed by atoms with Crippen LogP contribution in [0.1, 0.15) is 106 Å². The predicted molar refractivity (Wildman–Crippen MR) is 104 cm³/mol. The number of hydrogen-bond donors (Lipinski definition) is 0. The zero-order valence-electron chi connectivity index (χ0n) is 17.3. The average molecular weight is 321 g/mol. The fourth-order valence-corrected chi connectivity index (χ4v) is 5.89. The molecule has 6 atom stereocenters. The first-order valence-electron chi connectivity index (χ1n) is 10.7. The third-order valence-electron chi connectivity index (χ3n) is 8.58. The van der Waals surface area contributed by atoms with Crippen LogP contribution in [0.15, 0.2) is 0 Å². The van der Waals surface area contributed by atoms with Gasteiger partial charge in [-0.15, -0.1) is 0 Å². The fraction of sp³-hybridized carbons (Fsp3) is 1.00. The molecule has 6 unspecified atom stereocenters. The van der Waals surface area contributed by atoms with Crippen LogP contribution in [-0.4, -0.2) is 0 Å². The summed E-state index contributed by atoms with van der Waals surface area (Å²) in [7, 11) is 0. The molecular weight excluding hydrogens is 276 g/mol. The Hall–Kier alpha value is 0. The van der Waals surface area contributed by atoms with Crippen molar-refractivity contribution in [2.45, 2.75) is 106 Å². The van der Waals surface area contributed by atoms with Crippen LogP contribution in [0.5, 0.6) is 0 Å². The van der Waals surface area contributed by atoms with Crippen LogP contribution in [0.2, 0.25) is 0 Å². The molecule has 0 aromatic carbocycles. The van der Waals surface area contributed by atoms with Gasteiger partial charge in [-0.1, -0.05) is 80.6 Å². The zero-order valence-corrected chi connectivity index (χ0v) is 17.3. The molecule has 0 nitrogen and oxygen atoms in total. The largest absolute Gasteiger partial charge is 0.0651 e. The Morgan fingerprint density at radius 3 is 2.13 bits per heavy atom. The molecule has 2 rings (SSSR count). The van der Waals surface area contributed by atoms with Crippen LogP contribution in [0.25, 0.3) is 0 Å². The minimum absolute atomic E-state index is 0.542. The van der Waals surface area contributed by atoms with Crippen LogP contribution in [-0.2, 0) is 0 Å². The van der Waals surface area contributed by atoms with Crippen LogP contribution in [0.3, 0.4) is 0 Å². The van der Waals surface area contributed by atoms with E-state index < -0.39 is 0 Å². The highest BCUT2D eigenvalue weighted by Gasteiger charge is 2.57. The normalized spacial score (nSPS) is 45.3. The Balaban J connectivity index is 2.12. The van der Waals surface area contributed by atoms with Gasteiger partial charge in [0.15, 0.2) is 0 Å². The van der Waals surface area contributed by atoms with E-state index in [0.29, 0.717) is 10.8 Å². The smallest absolute Gasteiger partial charge is 0.0243 e. The van der Waals surface area contributed by atoms with Gasteiger partial charge in [-0.25, -0.2) is 0 Å². The van der Waals surface area contributed by atoms with Gasteiger partial charge in [0.25, 0.3) is 0 Å². The molecule has 23 heavy (non-hydrogen) atoms. The summed E-state index contributed by atoms with van der Waals surface area (Å²) in [6, 6.07) is 0. The molecule has 0 N–H and O–H groups in total. The van der Waals surface area contributed by atoms with Crippen molar-refractivity contribution in [3.8, 4) is 0 Å². The monoisotopic (exact) mass is 320 g/mol. The topological polar surface area (TPSA) is 0 Å². The molecular formula is C23H44. The molecule has 2 aliphatic rings. The molecule has 2 aliphatic carbocycles. The van der Waals surface area contributed by atoms with E-state index in [1.54, 1.807) is 0 Å². The van der Waals surface area contributed by atoms with Crippen LogP contribution >= 0.6 is 0 Å². The van der Waals surface area contributed by atoms with Crippen LogP contribution < -0.4 is 0 Å². The van der Waals surface area contributed by atoms with Gasteiger partial charge in [0.05, 0.1) is 0 Å². The second-order valence-electron chi connectivity index (χ2n) is 10.2. The molecule has 2 saturated carbocycles. The first kappa shape index (κ1) is 19.3. The van der Waals surface area contributed by atoms with Crippen molar-refractivity contribution in [1.82, 2.24) is 0 Å². The van der Waals surface area contributed by atoms with E-state index in [0.717, 1.165) is 29.6 Å². The van der Waals surface area contributed by atoms with Gasteiger partial charge in [0.2, 0.25) is 0 Å². The SMILES string of the molecule is CCC1CCCC(C)(C)C2(C)CC2CCC(C)CC(CC)C1C. The van der Waals surface area contributed by atoms with Crippen molar-refractivity contribution in [2.75, 3.05) is 0 Å². The minimum atomic E-state index is 0.542. The highest BCUT2D eigenvalue weighted by atomic mass is 14.6. The second-order valence-corrected chi connectivity index (χ2v) is 10.2. The van der Waals surface area contributed by atoms with Gasteiger partial charge in [-0.05, 0) is 66.1 Å². The maximum Gasteiger partial charge on any atom is -0.0243 e. The maximum absolute atomic E-state index is 2.59. The Labute approximate surface area is 147 Å². The first-order chi connectivity index (χ1) is 10.7. The number of fused-ring (bicyclic) bond motifs is 1. The van der Waals surface area contributed by atoms with E-state index in [1.165, 1.54) is 57.8 Å². The van der Waals surface area contributed by atoms with Crippen LogP contribution in [0.4, 0.5) is 0 Å². The Morgan fingerprint density at radius 1 is 0.870 bits per heavy atom. The van der Waals surface area contributed by atoms with E-state index in [2.05, 4.69) is 48.5 Å². The molecule has 0 amide bonds. The van der Waals surface area contributed by atoms with Gasteiger partial charge in [-0.3, -0.25) is 0 Å². The number of rotatable bonds is 2. The molecule has 0 bridgehead atoms. The van der Waals surface area contributed by atoms with E-state index >= 15 is 0 Å². The third-order valence-corrected chi connectivity index (χ3v) is 8.58. The molecule has 0 heteroatoms. The van der Waals surface area contributed by atoms with Gasteiger partial charge < -0.3 is 0 Å². The molecule has 136 valence electrons. The molecule has 0 radical (unpaired) electrons. The average Bonchev–Trinajstić information content (AvgIpc) is 3.18. The second kappa shape index (κ2) is 7.49. The highest BCUT2D eigenvalue weighted by Crippen LogP contribution is 2.66. The lowest BCUT2D eigenvalue weighted by molar-refractivity contribution is 0.151. The Bertz CT molecular complexity index is 368. The quantitative estimate of drug-likeness (QED) is 0.488. The lowest BCUT2D eigenvalue weighted by Crippen LogP contribution is -2.26. The molecule has 0 spiro atoms. The van der Waals surface area contributed by atoms with E-state index in [-0.39, 0.29) is 0 Å². The van der Waals surface area contributed by atoms with E-state index in [9.17, 15) is 0 Å². The first-order valence-corrected chi connectivity index (χ1v) is 10.7. The lowest BCUT2D eigenvalue weighted by atomic mass is 9.70. The van der Waals surface area contributed by atoms with Crippen LogP contribution in [0, 0.1) is 40.4 Å². The van der Waals surface area contributed by atoms with Gasteiger partial charge in [0, 0.05) is 0 Å². The Kier molecular flexibility index (Phi) is 6.29. The maximum atomic E-state index is 2.59. The van der Waals surface area contributed by atoms with Gasteiger partial charge in [0.1, 0.15) is 0 Å². The predicted octanol–water partition coefficient (Wildman–Crippen LogP) is 7.72. The van der Waals surface area contributed by atoms with Crippen molar-refractivity contribution < 1.29 is 0 Å². The van der Waals surface area contributed by atoms with E-state index in [4.69, 9.17) is 0 Å². The summed E-state index contributed by atoms with van der Waals surface area (Å²) in [5.41, 5.74) is 1.18. The molecule has 0 aliphatic heterocycles. The van der Waals surface area contributed by atoms with Gasteiger partial charge >= 0.3 is 0 Å². The van der Waals surface area contributed by atoms with Gasteiger partial charge in [-0.2, -0.15) is 0 Å². The third kappa shape index (κ3) is 4.16. The minimum Gasteiger partial charge on any atom is -0.0651 e. The summed E-state index contributed by atoms with van der Waals surface area (Å²) in [5, 5.41) is 0. The summed E-state index contributed by atoms with van der Waals surface area (Å²) in [6.45, 7) is 17.7. The van der Waals surface area contributed by atoms with Crippen molar-refractivity contribution in [3.05, 3.63) is 0 Å². The highest BCUT2D eigenvalue weighted by molar-refractivity contribution is 5.07.